The fourth-order valence-corrected chi connectivity index (χ4v) is 9.23. The van der Waals surface area contributed by atoms with Gasteiger partial charge in [0.1, 0.15) is 6.10 Å². The van der Waals surface area contributed by atoms with Gasteiger partial charge in [0, 0.05) is 13.3 Å². The van der Waals surface area contributed by atoms with Crippen LogP contribution >= 0.6 is 0 Å². The third kappa shape index (κ3) is 4.01. The molecule has 0 aromatic carbocycles. The van der Waals surface area contributed by atoms with Crippen molar-refractivity contribution in [2.75, 3.05) is 7.11 Å². The molecule has 0 aromatic rings. The Morgan fingerprint density at radius 1 is 1.00 bits per heavy atom. The molecule has 4 fully saturated rings. The fraction of sp³-hybridized carbons (Fsp3) is 0.926. The summed E-state index contributed by atoms with van der Waals surface area (Å²) in [4.78, 5) is 23.2. The largest absolute Gasteiger partial charge is 0.469 e. The highest BCUT2D eigenvalue weighted by atomic mass is 16.5. The number of carbonyl (C=O) groups is 2. The maximum absolute atomic E-state index is 11.7. The summed E-state index contributed by atoms with van der Waals surface area (Å²) in [5.74, 6) is 3.04. The van der Waals surface area contributed by atoms with Crippen LogP contribution in [0.3, 0.4) is 0 Å². The Morgan fingerprint density at radius 2 is 1.69 bits per heavy atom. The zero-order chi connectivity index (χ0) is 23.3. The second-order valence-corrected chi connectivity index (χ2v) is 12.1. The molecule has 182 valence electrons. The summed E-state index contributed by atoms with van der Waals surface area (Å²) in [7, 11) is 1.48. The first-order chi connectivity index (χ1) is 15.1. The lowest BCUT2D eigenvalue weighted by Crippen LogP contribution is -2.58. The lowest BCUT2D eigenvalue weighted by atomic mass is 9.43. The van der Waals surface area contributed by atoms with Crippen LogP contribution in [0.2, 0.25) is 0 Å². The van der Waals surface area contributed by atoms with Crippen molar-refractivity contribution in [2.45, 2.75) is 104 Å². The summed E-state index contributed by atoms with van der Waals surface area (Å²) < 4.78 is 10.4. The molecule has 4 rings (SSSR count). The Kier molecular flexibility index (Phi) is 6.70. The third-order valence-corrected chi connectivity index (χ3v) is 10.8. The summed E-state index contributed by atoms with van der Waals surface area (Å²) in [6.45, 7) is 8.76. The highest BCUT2D eigenvalue weighted by Gasteiger charge is 2.62. The number of hydrogen-bond donors (Lipinski definition) is 1. The van der Waals surface area contributed by atoms with E-state index in [1.165, 1.54) is 39.7 Å². The molecule has 10 atom stereocenters. The van der Waals surface area contributed by atoms with Crippen molar-refractivity contribution in [2.24, 2.45) is 46.3 Å². The van der Waals surface area contributed by atoms with Crippen molar-refractivity contribution in [3.8, 4) is 0 Å². The first-order valence-corrected chi connectivity index (χ1v) is 13.0. The van der Waals surface area contributed by atoms with Gasteiger partial charge in [0.2, 0.25) is 0 Å². The van der Waals surface area contributed by atoms with Gasteiger partial charge in [0.05, 0.1) is 13.2 Å². The highest BCUT2D eigenvalue weighted by Crippen LogP contribution is 2.68. The smallest absolute Gasteiger partial charge is 0.305 e. The molecule has 0 radical (unpaired) electrons. The maximum atomic E-state index is 11.7. The predicted molar refractivity (Wildman–Crippen MR) is 123 cm³/mol. The van der Waals surface area contributed by atoms with Crippen LogP contribution in [0.15, 0.2) is 0 Å². The molecule has 4 saturated carbocycles. The first-order valence-electron chi connectivity index (χ1n) is 13.0. The van der Waals surface area contributed by atoms with E-state index in [1.54, 1.807) is 0 Å². The molecule has 4 aliphatic rings. The zero-order valence-corrected chi connectivity index (χ0v) is 20.8. The quantitative estimate of drug-likeness (QED) is 0.590. The monoisotopic (exact) mass is 448 g/mol. The van der Waals surface area contributed by atoms with Crippen LogP contribution in [0.5, 0.6) is 0 Å². The fourth-order valence-electron chi connectivity index (χ4n) is 9.23. The van der Waals surface area contributed by atoms with Crippen LogP contribution < -0.4 is 0 Å². The minimum absolute atomic E-state index is 0.0304. The molecular formula is C27H44O5. The summed E-state index contributed by atoms with van der Waals surface area (Å²) in [5, 5.41) is 11.3. The van der Waals surface area contributed by atoms with Crippen molar-refractivity contribution >= 4 is 11.9 Å². The van der Waals surface area contributed by atoms with E-state index in [-0.39, 0.29) is 35.5 Å². The SMILES string of the molecule is COC(=O)CC[C@@H](C)[C@H]1CC[C@H]2[C@@H]3C[C@H](O)[C@@H]4C[C@H](OC(C)=O)CC[C@]4(C)[C@H]3CC[C@]12C. The number of methoxy groups -OCH3 is 1. The van der Waals surface area contributed by atoms with Gasteiger partial charge in [-0.1, -0.05) is 20.8 Å². The molecule has 5 heteroatoms. The summed E-state index contributed by atoms with van der Waals surface area (Å²) in [6.07, 6.45) is 9.82. The minimum Gasteiger partial charge on any atom is -0.469 e. The summed E-state index contributed by atoms with van der Waals surface area (Å²) in [5.41, 5.74) is 0.462. The summed E-state index contributed by atoms with van der Waals surface area (Å²) >= 11 is 0. The van der Waals surface area contributed by atoms with Crippen molar-refractivity contribution in [1.82, 2.24) is 0 Å². The molecule has 0 saturated heterocycles. The molecule has 0 aliphatic heterocycles. The highest BCUT2D eigenvalue weighted by molar-refractivity contribution is 5.69. The van der Waals surface area contributed by atoms with E-state index in [4.69, 9.17) is 9.47 Å². The van der Waals surface area contributed by atoms with Gasteiger partial charge in [0.15, 0.2) is 0 Å². The van der Waals surface area contributed by atoms with Gasteiger partial charge in [-0.15, -0.1) is 0 Å². The Labute approximate surface area is 194 Å². The van der Waals surface area contributed by atoms with Crippen LogP contribution in [0, 0.1) is 46.3 Å². The van der Waals surface area contributed by atoms with Crippen LogP contribution in [-0.4, -0.2) is 36.4 Å². The number of fused-ring (bicyclic) bond motifs is 5. The second-order valence-electron chi connectivity index (χ2n) is 12.1. The van der Waals surface area contributed by atoms with Gasteiger partial charge < -0.3 is 14.6 Å². The molecule has 5 nitrogen and oxygen atoms in total. The van der Waals surface area contributed by atoms with Crippen molar-refractivity contribution < 1.29 is 24.2 Å². The van der Waals surface area contributed by atoms with Crippen LogP contribution in [0.1, 0.15) is 91.9 Å². The van der Waals surface area contributed by atoms with Crippen molar-refractivity contribution in [1.29, 1.82) is 0 Å². The van der Waals surface area contributed by atoms with Gasteiger partial charge in [-0.2, -0.15) is 0 Å². The van der Waals surface area contributed by atoms with E-state index in [0.717, 1.165) is 32.1 Å². The van der Waals surface area contributed by atoms with Crippen molar-refractivity contribution in [3.63, 3.8) is 0 Å². The van der Waals surface area contributed by atoms with Crippen LogP contribution in [-0.2, 0) is 19.1 Å². The number of hydrogen-bond acceptors (Lipinski definition) is 5. The molecule has 0 aromatic heterocycles. The molecule has 0 heterocycles. The van der Waals surface area contributed by atoms with E-state index in [0.29, 0.717) is 41.4 Å². The summed E-state index contributed by atoms with van der Waals surface area (Å²) in [6, 6.07) is 0. The lowest BCUT2D eigenvalue weighted by Gasteiger charge is -2.62. The minimum atomic E-state index is -0.294. The topological polar surface area (TPSA) is 72.8 Å². The van der Waals surface area contributed by atoms with Crippen LogP contribution in [0.25, 0.3) is 0 Å². The number of aliphatic hydroxyl groups excluding tert-OH is 1. The molecule has 0 unspecified atom stereocenters. The molecule has 1 N–H and O–H groups in total. The van der Waals surface area contributed by atoms with Gasteiger partial charge in [-0.05, 0) is 104 Å². The second kappa shape index (κ2) is 8.92. The average molecular weight is 449 g/mol. The molecule has 4 aliphatic carbocycles. The molecule has 0 amide bonds. The maximum Gasteiger partial charge on any atom is 0.305 e. The molecular weight excluding hydrogens is 404 g/mol. The van der Waals surface area contributed by atoms with E-state index >= 15 is 0 Å². The Morgan fingerprint density at radius 3 is 2.38 bits per heavy atom. The number of aliphatic hydroxyl groups is 1. The third-order valence-electron chi connectivity index (χ3n) is 10.8. The van der Waals surface area contributed by atoms with E-state index in [9.17, 15) is 14.7 Å². The average Bonchev–Trinajstić information content (AvgIpc) is 3.10. The number of esters is 2. The molecule has 0 bridgehead atoms. The van der Waals surface area contributed by atoms with Gasteiger partial charge in [-0.25, -0.2) is 0 Å². The van der Waals surface area contributed by atoms with Gasteiger partial charge in [0.25, 0.3) is 0 Å². The number of carbonyl (C=O) groups excluding carboxylic acids is 2. The standard InChI is InChI=1S/C27H44O5/c1-16(6-9-25(30)31-5)20-7-8-21-19-15-24(29)23-14-18(32-17(2)28)10-12-27(23,4)22(19)11-13-26(20,21)3/h16,18-24,29H,6-15H2,1-5H3/t16-,18-,19+,20-,21+,22+,23+,24+,26-,27-/m1/s1. The van der Waals surface area contributed by atoms with E-state index in [1.807, 2.05) is 0 Å². The van der Waals surface area contributed by atoms with Crippen LogP contribution in [0.4, 0.5) is 0 Å². The molecule has 32 heavy (non-hydrogen) atoms. The van der Waals surface area contributed by atoms with Gasteiger partial charge in [-0.3, -0.25) is 9.59 Å². The zero-order valence-electron chi connectivity index (χ0n) is 20.8. The Balaban J connectivity index is 1.49. The molecule has 0 spiro atoms. The normalized spacial score (nSPS) is 46.4. The predicted octanol–water partition coefficient (Wildman–Crippen LogP) is 5.14. The first kappa shape index (κ1) is 24.0. The van der Waals surface area contributed by atoms with Crippen molar-refractivity contribution in [3.05, 3.63) is 0 Å². The number of rotatable bonds is 5. The lowest BCUT2D eigenvalue weighted by molar-refractivity contribution is -0.182. The number of ether oxygens (including phenoxy) is 2. The van der Waals surface area contributed by atoms with E-state index < -0.39 is 0 Å². The Hall–Kier alpha value is -1.10. The Bertz CT molecular complexity index is 721. The van der Waals surface area contributed by atoms with Gasteiger partial charge >= 0.3 is 11.9 Å². The van der Waals surface area contributed by atoms with E-state index in [2.05, 4.69) is 20.8 Å².